The first-order valence-corrected chi connectivity index (χ1v) is 6.66. The first-order chi connectivity index (χ1) is 9.78. The molecule has 0 fully saturated rings. The molecule has 0 saturated heterocycles. The summed E-state index contributed by atoms with van der Waals surface area (Å²) in [4.78, 5) is 4.31. The van der Waals surface area contributed by atoms with Crippen LogP contribution < -0.4 is 10.5 Å². The summed E-state index contributed by atoms with van der Waals surface area (Å²) in [5.74, 6) is 1.42. The number of para-hydroxylation sites is 1. The van der Waals surface area contributed by atoms with Gasteiger partial charge in [-0.2, -0.15) is 0 Å². The maximum atomic E-state index is 6.03. The van der Waals surface area contributed by atoms with E-state index in [1.54, 1.807) is 18.3 Å². The van der Waals surface area contributed by atoms with Gasteiger partial charge in [0.2, 0.25) is 0 Å². The van der Waals surface area contributed by atoms with Crippen molar-refractivity contribution in [1.82, 2.24) is 4.98 Å². The number of fused-ring (bicyclic) bond motifs is 1. The number of benzene rings is 2. The van der Waals surface area contributed by atoms with E-state index in [9.17, 15) is 0 Å². The molecule has 3 rings (SSSR count). The molecule has 3 aromatic rings. The Morgan fingerprint density at radius 2 is 1.90 bits per heavy atom. The van der Waals surface area contributed by atoms with Crippen LogP contribution in [0.1, 0.15) is 5.56 Å². The molecular formula is C16H13ClN2O. The lowest BCUT2D eigenvalue weighted by Gasteiger charge is -2.12. The Morgan fingerprint density at radius 1 is 1.05 bits per heavy atom. The summed E-state index contributed by atoms with van der Waals surface area (Å²) in [6.45, 7) is 0.398. The molecule has 100 valence electrons. The Morgan fingerprint density at radius 3 is 2.75 bits per heavy atom. The fraction of sp³-hybridized carbons (Fsp3) is 0.0625. The van der Waals surface area contributed by atoms with Gasteiger partial charge in [-0.1, -0.05) is 29.8 Å². The topological polar surface area (TPSA) is 48.1 Å². The highest BCUT2D eigenvalue weighted by atomic mass is 35.5. The highest BCUT2D eigenvalue weighted by Crippen LogP contribution is 2.32. The van der Waals surface area contributed by atoms with Gasteiger partial charge in [0.15, 0.2) is 0 Å². The fourth-order valence-electron chi connectivity index (χ4n) is 2.07. The minimum atomic E-state index is 0.398. The summed E-state index contributed by atoms with van der Waals surface area (Å²) in [6, 6.07) is 15.1. The molecule has 0 aliphatic heterocycles. The van der Waals surface area contributed by atoms with E-state index < -0.39 is 0 Å². The number of hydrogen-bond acceptors (Lipinski definition) is 3. The first-order valence-electron chi connectivity index (χ1n) is 6.28. The van der Waals surface area contributed by atoms with Gasteiger partial charge in [0.25, 0.3) is 0 Å². The van der Waals surface area contributed by atoms with E-state index >= 15 is 0 Å². The Labute approximate surface area is 122 Å². The maximum absolute atomic E-state index is 6.03. The number of pyridine rings is 1. The Balaban J connectivity index is 2.07. The van der Waals surface area contributed by atoms with Crippen molar-refractivity contribution in [3.8, 4) is 11.5 Å². The lowest BCUT2D eigenvalue weighted by molar-refractivity contribution is 0.481. The van der Waals surface area contributed by atoms with Crippen molar-refractivity contribution in [2.75, 3.05) is 0 Å². The number of ether oxygens (including phenoxy) is 1. The van der Waals surface area contributed by atoms with Crippen LogP contribution in [0.3, 0.4) is 0 Å². The van der Waals surface area contributed by atoms with Crippen molar-refractivity contribution in [1.29, 1.82) is 0 Å². The molecule has 2 aromatic carbocycles. The zero-order valence-corrected chi connectivity index (χ0v) is 11.5. The van der Waals surface area contributed by atoms with E-state index in [-0.39, 0.29) is 0 Å². The summed E-state index contributed by atoms with van der Waals surface area (Å²) >= 11 is 6.03. The number of nitrogens with two attached hydrogens (primary N) is 1. The van der Waals surface area contributed by atoms with Crippen LogP contribution in [0.5, 0.6) is 11.5 Å². The zero-order valence-electron chi connectivity index (χ0n) is 10.7. The van der Waals surface area contributed by atoms with Crippen LogP contribution >= 0.6 is 11.6 Å². The molecule has 0 aliphatic rings. The lowest BCUT2D eigenvalue weighted by Crippen LogP contribution is -1.99. The summed E-state index contributed by atoms with van der Waals surface area (Å²) in [6.07, 6.45) is 1.73. The average Bonchev–Trinajstić information content (AvgIpc) is 2.48. The van der Waals surface area contributed by atoms with E-state index in [1.165, 1.54) is 0 Å². The van der Waals surface area contributed by atoms with E-state index in [0.29, 0.717) is 17.3 Å². The summed E-state index contributed by atoms with van der Waals surface area (Å²) in [7, 11) is 0. The molecule has 0 bridgehead atoms. The molecule has 0 unspecified atom stereocenters. The fourth-order valence-corrected chi connectivity index (χ4v) is 2.23. The summed E-state index contributed by atoms with van der Waals surface area (Å²) in [5, 5.41) is 1.58. The quantitative estimate of drug-likeness (QED) is 0.786. The molecule has 1 heterocycles. The van der Waals surface area contributed by atoms with Crippen molar-refractivity contribution in [3.05, 3.63) is 65.3 Å². The average molecular weight is 285 g/mol. The second-order valence-electron chi connectivity index (χ2n) is 4.38. The molecule has 4 heteroatoms. The minimum Gasteiger partial charge on any atom is -0.456 e. The largest absolute Gasteiger partial charge is 0.456 e. The number of aromatic nitrogens is 1. The van der Waals surface area contributed by atoms with Crippen molar-refractivity contribution in [2.24, 2.45) is 5.73 Å². The molecule has 0 atom stereocenters. The second kappa shape index (κ2) is 5.49. The van der Waals surface area contributed by atoms with Crippen molar-refractivity contribution in [3.63, 3.8) is 0 Å². The van der Waals surface area contributed by atoms with E-state index in [2.05, 4.69) is 4.98 Å². The van der Waals surface area contributed by atoms with Crippen molar-refractivity contribution in [2.45, 2.75) is 6.54 Å². The monoisotopic (exact) mass is 284 g/mol. The predicted molar refractivity (Wildman–Crippen MR) is 81.2 cm³/mol. The van der Waals surface area contributed by atoms with Gasteiger partial charge < -0.3 is 10.5 Å². The smallest absolute Gasteiger partial charge is 0.138 e. The maximum Gasteiger partial charge on any atom is 0.138 e. The van der Waals surface area contributed by atoms with Gasteiger partial charge in [-0.25, -0.2) is 0 Å². The van der Waals surface area contributed by atoms with Crippen LogP contribution in [0.15, 0.2) is 54.7 Å². The third-order valence-corrected chi connectivity index (χ3v) is 3.31. The molecule has 0 radical (unpaired) electrons. The van der Waals surface area contributed by atoms with Crippen LogP contribution in [0.4, 0.5) is 0 Å². The van der Waals surface area contributed by atoms with Crippen LogP contribution in [0, 0.1) is 0 Å². The van der Waals surface area contributed by atoms with Gasteiger partial charge in [-0.3, -0.25) is 4.98 Å². The predicted octanol–water partition coefficient (Wildman–Crippen LogP) is 4.14. The molecule has 1 aromatic heterocycles. The van der Waals surface area contributed by atoms with E-state index in [4.69, 9.17) is 22.1 Å². The highest BCUT2D eigenvalue weighted by Gasteiger charge is 2.08. The molecule has 0 amide bonds. The Hall–Kier alpha value is -2.10. The molecule has 0 saturated carbocycles. The SMILES string of the molecule is NCc1ccc(Cl)cc1Oc1ccnc2ccccc12. The van der Waals surface area contributed by atoms with Gasteiger partial charge >= 0.3 is 0 Å². The zero-order chi connectivity index (χ0) is 13.9. The highest BCUT2D eigenvalue weighted by molar-refractivity contribution is 6.30. The molecule has 0 aliphatic carbocycles. The van der Waals surface area contributed by atoms with Crippen molar-refractivity contribution < 1.29 is 4.74 Å². The number of halogens is 1. The molecule has 0 spiro atoms. The van der Waals surface area contributed by atoms with Gasteiger partial charge in [0, 0.05) is 28.7 Å². The first kappa shape index (κ1) is 12.9. The number of hydrogen-bond donors (Lipinski definition) is 1. The molecule has 3 nitrogen and oxygen atoms in total. The normalized spacial score (nSPS) is 10.7. The number of rotatable bonds is 3. The van der Waals surface area contributed by atoms with Crippen LogP contribution in [-0.4, -0.2) is 4.98 Å². The van der Waals surface area contributed by atoms with Gasteiger partial charge in [-0.05, 0) is 30.3 Å². The lowest BCUT2D eigenvalue weighted by atomic mass is 10.2. The molecule has 20 heavy (non-hydrogen) atoms. The standard InChI is InChI=1S/C16H13ClN2O/c17-12-6-5-11(10-18)16(9-12)20-15-7-8-19-14-4-2-1-3-13(14)15/h1-9H,10,18H2. The van der Waals surface area contributed by atoms with E-state index in [0.717, 1.165) is 22.2 Å². The Kier molecular flexibility index (Phi) is 3.54. The number of nitrogens with zero attached hydrogens (tertiary/aromatic N) is 1. The third-order valence-electron chi connectivity index (χ3n) is 3.08. The van der Waals surface area contributed by atoms with Gasteiger partial charge in [0.1, 0.15) is 11.5 Å². The van der Waals surface area contributed by atoms with E-state index in [1.807, 2.05) is 36.4 Å². The third kappa shape index (κ3) is 2.46. The van der Waals surface area contributed by atoms with Crippen LogP contribution in [0.2, 0.25) is 5.02 Å². The van der Waals surface area contributed by atoms with Gasteiger partial charge in [-0.15, -0.1) is 0 Å². The Bertz CT molecular complexity index is 753. The summed E-state index contributed by atoms with van der Waals surface area (Å²) < 4.78 is 5.99. The minimum absolute atomic E-state index is 0.398. The van der Waals surface area contributed by atoms with Gasteiger partial charge in [0.05, 0.1) is 5.52 Å². The summed E-state index contributed by atoms with van der Waals surface area (Å²) in [5.41, 5.74) is 7.53. The van der Waals surface area contributed by atoms with Crippen molar-refractivity contribution >= 4 is 22.5 Å². The van der Waals surface area contributed by atoms with Crippen LogP contribution in [0.25, 0.3) is 10.9 Å². The molecule has 2 N–H and O–H groups in total. The van der Waals surface area contributed by atoms with Crippen LogP contribution in [-0.2, 0) is 6.54 Å². The second-order valence-corrected chi connectivity index (χ2v) is 4.82. The molecular weight excluding hydrogens is 272 g/mol.